The highest BCUT2D eigenvalue weighted by atomic mass is 16.5. The molecule has 4 rings (SSSR count). The first-order valence-electron chi connectivity index (χ1n) is 11.2. The summed E-state index contributed by atoms with van der Waals surface area (Å²) in [5.41, 5.74) is 2.02. The average Bonchev–Trinajstić information content (AvgIpc) is 3.20. The maximum Gasteiger partial charge on any atom is 0.341 e. The minimum absolute atomic E-state index is 0.248. The Kier molecular flexibility index (Phi) is 6.95. The number of hydrogen-bond donors (Lipinski definition) is 1. The van der Waals surface area contributed by atoms with Crippen molar-refractivity contribution in [3.05, 3.63) is 53.3 Å². The summed E-state index contributed by atoms with van der Waals surface area (Å²) in [4.78, 5) is 23.9. The Hall–Kier alpha value is -2.47. The van der Waals surface area contributed by atoms with Crippen LogP contribution in [0.4, 0.5) is 5.95 Å². The number of aryl methyl sites for hydroxylation is 1. The van der Waals surface area contributed by atoms with E-state index in [9.17, 15) is 4.79 Å². The zero-order chi connectivity index (χ0) is 20.8. The lowest BCUT2D eigenvalue weighted by Gasteiger charge is -2.26. The molecule has 30 heavy (non-hydrogen) atoms. The van der Waals surface area contributed by atoms with Gasteiger partial charge in [0.1, 0.15) is 6.61 Å². The number of anilines is 1. The molecule has 1 saturated heterocycles. The standard InChI is InChI=1S/C24H32N4O2/c1-18-22(23(29)30-17-20-10-6-3-7-11-20)14-25-24(26-18)27-21-12-13-28(16-21)15-19-8-4-2-5-9-19/h3,6-7,10-11,14,19,21H,2,4-5,8-9,12-13,15-17H2,1H3,(H,25,26,27)/t21-/m1/s1. The monoisotopic (exact) mass is 408 g/mol. The van der Waals surface area contributed by atoms with E-state index in [1.54, 1.807) is 6.20 Å². The number of carbonyl (C=O) groups is 1. The van der Waals surface area contributed by atoms with Crippen LogP contribution in [0.5, 0.6) is 0 Å². The molecule has 2 heterocycles. The Bertz CT molecular complexity index is 836. The molecule has 2 aliphatic rings. The van der Waals surface area contributed by atoms with Gasteiger partial charge in [0.25, 0.3) is 0 Å². The summed E-state index contributed by atoms with van der Waals surface area (Å²) in [6.45, 7) is 5.48. The third kappa shape index (κ3) is 5.57. The number of nitrogens with one attached hydrogen (secondary N) is 1. The number of carbonyl (C=O) groups excluding carboxylic acids is 1. The fourth-order valence-electron chi connectivity index (χ4n) is 4.57. The van der Waals surface area contributed by atoms with Crippen LogP contribution in [0, 0.1) is 12.8 Å². The average molecular weight is 409 g/mol. The molecule has 0 radical (unpaired) electrons. The number of ether oxygens (including phenoxy) is 1. The largest absolute Gasteiger partial charge is 0.457 e. The van der Waals surface area contributed by atoms with Crippen molar-refractivity contribution in [1.29, 1.82) is 0 Å². The van der Waals surface area contributed by atoms with Crippen molar-refractivity contribution in [3.8, 4) is 0 Å². The lowest BCUT2D eigenvalue weighted by Crippen LogP contribution is -2.31. The smallest absolute Gasteiger partial charge is 0.341 e. The number of hydrogen-bond acceptors (Lipinski definition) is 6. The molecule has 160 valence electrons. The van der Waals surface area contributed by atoms with E-state index in [2.05, 4.69) is 20.2 Å². The number of nitrogens with zero attached hydrogens (tertiary/aromatic N) is 3. The lowest BCUT2D eigenvalue weighted by atomic mass is 9.89. The number of aromatic nitrogens is 2. The second-order valence-electron chi connectivity index (χ2n) is 8.65. The number of esters is 1. The minimum Gasteiger partial charge on any atom is -0.457 e. The normalized spacial score (nSPS) is 20.2. The molecule has 0 bridgehead atoms. The van der Waals surface area contributed by atoms with E-state index in [4.69, 9.17) is 4.74 Å². The van der Waals surface area contributed by atoms with Gasteiger partial charge < -0.3 is 15.0 Å². The van der Waals surface area contributed by atoms with Crippen LogP contribution in [0.3, 0.4) is 0 Å². The minimum atomic E-state index is -0.387. The second kappa shape index (κ2) is 10.0. The number of rotatable bonds is 7. The van der Waals surface area contributed by atoms with Crippen LogP contribution in [-0.2, 0) is 11.3 Å². The summed E-state index contributed by atoms with van der Waals surface area (Å²) in [5, 5.41) is 3.46. The molecule has 6 heteroatoms. The Labute approximate surface area is 179 Å². The van der Waals surface area contributed by atoms with Crippen molar-refractivity contribution in [2.45, 2.75) is 58.1 Å². The molecule has 0 spiro atoms. The van der Waals surface area contributed by atoms with Gasteiger partial charge in [-0.3, -0.25) is 0 Å². The second-order valence-corrected chi connectivity index (χ2v) is 8.65. The highest BCUT2D eigenvalue weighted by molar-refractivity contribution is 5.90. The zero-order valence-electron chi connectivity index (χ0n) is 17.8. The van der Waals surface area contributed by atoms with Gasteiger partial charge in [-0.2, -0.15) is 0 Å². The van der Waals surface area contributed by atoms with Gasteiger partial charge in [0.05, 0.1) is 11.3 Å². The predicted molar refractivity (Wildman–Crippen MR) is 117 cm³/mol. The van der Waals surface area contributed by atoms with Gasteiger partial charge in [-0.25, -0.2) is 14.8 Å². The van der Waals surface area contributed by atoms with Crippen molar-refractivity contribution in [2.24, 2.45) is 5.92 Å². The SMILES string of the molecule is Cc1nc(N[C@@H]2CCN(CC3CCCCC3)C2)ncc1C(=O)OCc1ccccc1. The van der Waals surface area contributed by atoms with Gasteiger partial charge in [0.2, 0.25) is 5.95 Å². The van der Waals surface area contributed by atoms with Gasteiger partial charge in [-0.05, 0) is 37.7 Å². The van der Waals surface area contributed by atoms with Crippen molar-refractivity contribution in [2.75, 3.05) is 25.0 Å². The van der Waals surface area contributed by atoms with E-state index in [1.165, 1.54) is 38.6 Å². The Morgan fingerprint density at radius 3 is 2.73 bits per heavy atom. The van der Waals surface area contributed by atoms with Crippen molar-refractivity contribution >= 4 is 11.9 Å². The summed E-state index contributed by atoms with van der Waals surface area (Å²) in [5.74, 6) is 1.08. The summed E-state index contributed by atoms with van der Waals surface area (Å²) in [6, 6.07) is 10.0. The van der Waals surface area contributed by atoms with Gasteiger partial charge >= 0.3 is 5.97 Å². The van der Waals surface area contributed by atoms with E-state index < -0.39 is 0 Å². The molecule has 1 saturated carbocycles. The molecule has 1 N–H and O–H groups in total. The maximum atomic E-state index is 12.4. The van der Waals surface area contributed by atoms with Crippen LogP contribution in [0.15, 0.2) is 36.5 Å². The Morgan fingerprint density at radius 2 is 1.97 bits per heavy atom. The first kappa shape index (κ1) is 20.8. The van der Waals surface area contributed by atoms with E-state index in [0.717, 1.165) is 31.0 Å². The molecule has 1 aliphatic carbocycles. The summed E-state index contributed by atoms with van der Waals surface area (Å²) in [7, 11) is 0. The highest BCUT2D eigenvalue weighted by Gasteiger charge is 2.26. The lowest BCUT2D eigenvalue weighted by molar-refractivity contribution is 0.0471. The summed E-state index contributed by atoms with van der Waals surface area (Å²) in [6.07, 6.45) is 9.66. The molecule has 2 aromatic rings. The van der Waals surface area contributed by atoms with Crippen molar-refractivity contribution < 1.29 is 9.53 Å². The van der Waals surface area contributed by atoms with E-state index in [1.807, 2.05) is 37.3 Å². The van der Waals surface area contributed by atoms with Gasteiger partial charge in [-0.15, -0.1) is 0 Å². The van der Waals surface area contributed by atoms with Crippen LogP contribution in [0.1, 0.15) is 60.1 Å². The fourth-order valence-corrected chi connectivity index (χ4v) is 4.57. The van der Waals surface area contributed by atoms with Crippen LogP contribution < -0.4 is 5.32 Å². The Morgan fingerprint density at radius 1 is 1.17 bits per heavy atom. The quantitative estimate of drug-likeness (QED) is 0.693. The molecule has 1 atom stereocenters. The van der Waals surface area contributed by atoms with Gasteiger partial charge in [0.15, 0.2) is 0 Å². The predicted octanol–water partition coefficient (Wildman–Crippen LogP) is 4.21. The van der Waals surface area contributed by atoms with Crippen LogP contribution in [0.2, 0.25) is 0 Å². The topological polar surface area (TPSA) is 67.4 Å². The molecule has 1 aromatic heterocycles. The fraction of sp³-hybridized carbons (Fsp3) is 0.542. The van der Waals surface area contributed by atoms with E-state index in [-0.39, 0.29) is 12.6 Å². The molecular formula is C24H32N4O2. The van der Waals surface area contributed by atoms with Crippen LogP contribution >= 0.6 is 0 Å². The van der Waals surface area contributed by atoms with E-state index >= 15 is 0 Å². The summed E-state index contributed by atoms with van der Waals surface area (Å²) < 4.78 is 5.41. The zero-order valence-corrected chi connectivity index (χ0v) is 17.8. The third-order valence-electron chi connectivity index (χ3n) is 6.26. The molecule has 0 unspecified atom stereocenters. The Balaban J connectivity index is 1.27. The first-order valence-corrected chi connectivity index (χ1v) is 11.2. The summed E-state index contributed by atoms with van der Waals surface area (Å²) >= 11 is 0. The molecule has 2 fully saturated rings. The number of likely N-dealkylation sites (tertiary alicyclic amines) is 1. The molecule has 0 amide bonds. The maximum absolute atomic E-state index is 12.4. The van der Waals surface area contributed by atoms with Crippen molar-refractivity contribution in [1.82, 2.24) is 14.9 Å². The van der Waals surface area contributed by atoms with Crippen LogP contribution in [-0.4, -0.2) is 46.5 Å². The first-order chi connectivity index (χ1) is 14.7. The third-order valence-corrected chi connectivity index (χ3v) is 6.26. The molecular weight excluding hydrogens is 376 g/mol. The van der Waals surface area contributed by atoms with Gasteiger partial charge in [-0.1, -0.05) is 49.6 Å². The van der Waals surface area contributed by atoms with Crippen LogP contribution in [0.25, 0.3) is 0 Å². The highest BCUT2D eigenvalue weighted by Crippen LogP contribution is 2.26. The molecule has 6 nitrogen and oxygen atoms in total. The molecule has 1 aromatic carbocycles. The number of benzene rings is 1. The van der Waals surface area contributed by atoms with Crippen molar-refractivity contribution in [3.63, 3.8) is 0 Å². The molecule has 1 aliphatic heterocycles. The van der Waals surface area contributed by atoms with Gasteiger partial charge in [0, 0.05) is 31.9 Å². The van der Waals surface area contributed by atoms with E-state index in [0.29, 0.717) is 23.2 Å².